The molecule has 4 saturated carbocycles. The van der Waals surface area contributed by atoms with Crippen molar-refractivity contribution < 1.29 is 9.84 Å². The summed E-state index contributed by atoms with van der Waals surface area (Å²) in [7, 11) is 0. The van der Waals surface area contributed by atoms with Crippen molar-refractivity contribution >= 4 is 0 Å². The Morgan fingerprint density at radius 1 is 0.931 bits per heavy atom. The Morgan fingerprint density at radius 2 is 1.69 bits per heavy atom. The molecule has 2 heteroatoms. The smallest absolute Gasteiger partial charge is 0.112 e. The third kappa shape index (κ3) is 3.25. The minimum atomic E-state index is -0.682. The molecule has 166 valence electrons. The van der Waals surface area contributed by atoms with Crippen LogP contribution in [0.3, 0.4) is 0 Å². The van der Waals surface area contributed by atoms with Crippen LogP contribution in [-0.2, 0) is 4.74 Å². The van der Waals surface area contributed by atoms with Gasteiger partial charge in [0.1, 0.15) is 6.10 Å². The van der Waals surface area contributed by atoms with Crippen molar-refractivity contribution in [3.05, 3.63) is 0 Å². The number of epoxide rings is 1. The molecule has 0 amide bonds. The topological polar surface area (TPSA) is 32.8 Å². The average Bonchev–Trinajstić information content (AvgIpc) is 3.33. The summed E-state index contributed by atoms with van der Waals surface area (Å²) in [5, 5.41) is 10.3. The minimum absolute atomic E-state index is 0.0622. The third-order valence-corrected chi connectivity index (χ3v) is 11.2. The van der Waals surface area contributed by atoms with Crippen LogP contribution >= 0.6 is 0 Å². The fourth-order valence-corrected chi connectivity index (χ4v) is 9.74. The van der Waals surface area contributed by atoms with E-state index in [-0.39, 0.29) is 6.10 Å². The largest absolute Gasteiger partial charge is 0.388 e. The fourth-order valence-electron chi connectivity index (χ4n) is 9.74. The van der Waals surface area contributed by atoms with Crippen LogP contribution in [0.4, 0.5) is 0 Å². The Hall–Kier alpha value is -0.0800. The van der Waals surface area contributed by atoms with Crippen molar-refractivity contribution in [3.8, 4) is 0 Å². The van der Waals surface area contributed by atoms with E-state index in [1.54, 1.807) is 0 Å². The van der Waals surface area contributed by atoms with Crippen LogP contribution in [0.2, 0.25) is 0 Å². The van der Waals surface area contributed by atoms with Crippen molar-refractivity contribution in [2.24, 2.45) is 46.3 Å². The van der Waals surface area contributed by atoms with Crippen molar-refractivity contribution in [1.29, 1.82) is 0 Å². The highest BCUT2D eigenvalue weighted by Crippen LogP contribution is 2.68. The summed E-state index contributed by atoms with van der Waals surface area (Å²) in [6.45, 7) is 11.7. The van der Waals surface area contributed by atoms with Gasteiger partial charge in [-0.15, -0.1) is 0 Å². The van der Waals surface area contributed by atoms with Gasteiger partial charge in [-0.25, -0.2) is 0 Å². The zero-order chi connectivity index (χ0) is 20.6. The lowest BCUT2D eigenvalue weighted by Gasteiger charge is -2.61. The second-order valence-corrected chi connectivity index (χ2v) is 13.1. The van der Waals surface area contributed by atoms with Gasteiger partial charge in [-0.1, -0.05) is 33.6 Å². The highest BCUT2D eigenvalue weighted by molar-refractivity contribution is 5.10. The normalized spacial score (nSPS) is 53.0. The van der Waals surface area contributed by atoms with Crippen LogP contribution in [0.25, 0.3) is 0 Å². The first-order valence-electron chi connectivity index (χ1n) is 13.0. The van der Waals surface area contributed by atoms with Gasteiger partial charge in [0.2, 0.25) is 0 Å². The summed E-state index contributed by atoms with van der Waals surface area (Å²) in [6.07, 6.45) is 16.4. The number of hydrogen-bond donors (Lipinski definition) is 1. The van der Waals surface area contributed by atoms with Crippen molar-refractivity contribution in [3.63, 3.8) is 0 Å². The SMILES string of the molecule is C[C@H](CC1OC1C(C)(C)O)[C@H]1CC[C@H]2[C@@H]3CCC4CCCC[C@]4(C)[C@H]3CC[C@]12C. The molecule has 0 spiro atoms. The monoisotopic (exact) mass is 402 g/mol. The van der Waals surface area contributed by atoms with Crippen LogP contribution in [0.1, 0.15) is 105 Å². The molecule has 1 aliphatic heterocycles. The number of fused-ring (bicyclic) bond motifs is 5. The second kappa shape index (κ2) is 6.96. The highest BCUT2D eigenvalue weighted by atomic mass is 16.6. The van der Waals surface area contributed by atoms with Crippen LogP contribution in [0.5, 0.6) is 0 Å². The summed E-state index contributed by atoms with van der Waals surface area (Å²) in [6, 6.07) is 0. The molecule has 0 radical (unpaired) electrons. The molecule has 3 unspecified atom stereocenters. The highest BCUT2D eigenvalue weighted by Gasteiger charge is 2.60. The molecule has 1 saturated heterocycles. The van der Waals surface area contributed by atoms with Gasteiger partial charge < -0.3 is 9.84 Å². The lowest BCUT2D eigenvalue weighted by Crippen LogP contribution is -2.53. The maximum absolute atomic E-state index is 10.3. The molecule has 5 fully saturated rings. The molecule has 2 nitrogen and oxygen atoms in total. The van der Waals surface area contributed by atoms with E-state index in [1.807, 2.05) is 13.8 Å². The summed E-state index contributed by atoms with van der Waals surface area (Å²) >= 11 is 0. The second-order valence-electron chi connectivity index (χ2n) is 13.1. The van der Waals surface area contributed by atoms with Gasteiger partial charge in [-0.05, 0) is 118 Å². The van der Waals surface area contributed by atoms with Crippen LogP contribution in [-0.4, -0.2) is 22.9 Å². The molecule has 0 bridgehead atoms. The van der Waals surface area contributed by atoms with E-state index in [4.69, 9.17) is 4.74 Å². The van der Waals surface area contributed by atoms with E-state index in [0.717, 1.165) is 41.9 Å². The van der Waals surface area contributed by atoms with E-state index in [1.165, 1.54) is 64.2 Å². The van der Waals surface area contributed by atoms with Gasteiger partial charge in [0, 0.05) is 0 Å². The third-order valence-electron chi connectivity index (χ3n) is 11.2. The first-order chi connectivity index (χ1) is 13.6. The minimum Gasteiger partial charge on any atom is -0.388 e. The lowest BCUT2D eigenvalue weighted by molar-refractivity contribution is -0.114. The molecule has 4 aliphatic carbocycles. The summed E-state index contributed by atoms with van der Waals surface area (Å²) in [4.78, 5) is 0. The Labute approximate surface area is 179 Å². The Morgan fingerprint density at radius 3 is 2.41 bits per heavy atom. The van der Waals surface area contributed by atoms with Gasteiger partial charge >= 0.3 is 0 Å². The van der Waals surface area contributed by atoms with Gasteiger partial charge in [-0.3, -0.25) is 0 Å². The molecule has 0 aromatic carbocycles. The van der Waals surface area contributed by atoms with Gasteiger partial charge in [0.05, 0.1) is 11.7 Å². The van der Waals surface area contributed by atoms with Gasteiger partial charge in [-0.2, -0.15) is 0 Å². The van der Waals surface area contributed by atoms with Crippen molar-refractivity contribution in [1.82, 2.24) is 0 Å². The molecule has 1 heterocycles. The molecular formula is C27H46O2. The maximum atomic E-state index is 10.3. The van der Waals surface area contributed by atoms with Crippen LogP contribution < -0.4 is 0 Å². The summed E-state index contributed by atoms with van der Waals surface area (Å²) < 4.78 is 5.89. The molecular weight excluding hydrogens is 356 g/mol. The van der Waals surface area contributed by atoms with Gasteiger partial charge in [0.15, 0.2) is 0 Å². The summed E-state index contributed by atoms with van der Waals surface area (Å²) in [5.41, 5.74) is 0.532. The molecule has 5 aliphatic rings. The first kappa shape index (κ1) is 20.8. The first-order valence-corrected chi connectivity index (χ1v) is 13.0. The Bertz CT molecular complexity index is 623. The van der Waals surface area contributed by atoms with E-state index in [2.05, 4.69) is 20.8 Å². The maximum Gasteiger partial charge on any atom is 0.112 e. The zero-order valence-electron chi connectivity index (χ0n) is 19.8. The van der Waals surface area contributed by atoms with Crippen LogP contribution in [0.15, 0.2) is 0 Å². The Kier molecular flexibility index (Phi) is 4.99. The predicted molar refractivity (Wildman–Crippen MR) is 119 cm³/mol. The van der Waals surface area contributed by atoms with Crippen molar-refractivity contribution in [2.45, 2.75) is 123 Å². The fraction of sp³-hybridized carbons (Fsp3) is 1.00. The number of ether oxygens (including phenoxy) is 1. The average molecular weight is 403 g/mol. The lowest BCUT2D eigenvalue weighted by atomic mass is 9.44. The van der Waals surface area contributed by atoms with E-state index < -0.39 is 5.60 Å². The number of rotatable bonds is 4. The van der Waals surface area contributed by atoms with Crippen LogP contribution in [0, 0.1) is 46.3 Å². The summed E-state index contributed by atoms with van der Waals surface area (Å²) in [5.74, 6) is 5.60. The van der Waals surface area contributed by atoms with E-state index >= 15 is 0 Å². The molecule has 10 atom stereocenters. The number of aliphatic hydroxyl groups is 1. The molecule has 29 heavy (non-hydrogen) atoms. The quantitative estimate of drug-likeness (QED) is 0.537. The predicted octanol–water partition coefficient (Wildman–Crippen LogP) is 6.60. The standard InChI is InChI=1S/C27H46O2/c1-17(16-23-24(29-23)25(2,3)28)20-11-12-21-19-10-9-18-8-6-7-14-26(18,4)22(19)13-15-27(20,21)5/h17-24,28H,6-16H2,1-5H3/t17-,18?,19+,20-,21+,22+,23?,24?,26+,27-/m1/s1. The Balaban J connectivity index is 1.29. The molecule has 1 N–H and O–H groups in total. The molecule has 5 rings (SSSR count). The van der Waals surface area contributed by atoms with E-state index in [0.29, 0.717) is 16.9 Å². The molecule has 0 aromatic rings. The zero-order valence-corrected chi connectivity index (χ0v) is 19.8. The van der Waals surface area contributed by atoms with E-state index in [9.17, 15) is 5.11 Å². The number of hydrogen-bond acceptors (Lipinski definition) is 2. The van der Waals surface area contributed by atoms with Crippen molar-refractivity contribution in [2.75, 3.05) is 0 Å². The van der Waals surface area contributed by atoms with Gasteiger partial charge in [0.25, 0.3) is 0 Å². The molecule has 0 aromatic heterocycles.